The van der Waals surface area contributed by atoms with Gasteiger partial charge >= 0.3 is 7.69 Å². The van der Waals surface area contributed by atoms with Gasteiger partial charge in [0.05, 0.1) is 0 Å². The highest BCUT2D eigenvalue weighted by Gasteiger charge is 1.85. The standard InChI is InChI=1S/C8H7Cl.BH2O2/c1-2-7-4-3-5-8(9)6-7;2-1-3/h2-6H,1H2;2-3H. The molecule has 0 aliphatic heterocycles. The Kier molecular flexibility index (Phi) is 6.47. The summed E-state index contributed by atoms with van der Waals surface area (Å²) in [6.07, 6.45) is 1.77. The summed E-state index contributed by atoms with van der Waals surface area (Å²) < 4.78 is 0. The minimum absolute atomic E-state index is 0. The topological polar surface area (TPSA) is 40.5 Å². The molecule has 0 heterocycles. The molecule has 0 saturated carbocycles. The van der Waals surface area contributed by atoms with Crippen molar-refractivity contribution in [1.82, 2.24) is 0 Å². The highest BCUT2D eigenvalue weighted by Crippen LogP contribution is 2.10. The van der Waals surface area contributed by atoms with Crippen molar-refractivity contribution in [2.24, 2.45) is 0 Å². The van der Waals surface area contributed by atoms with Crippen molar-refractivity contribution in [2.75, 3.05) is 0 Å². The third-order valence-electron chi connectivity index (χ3n) is 1.08. The van der Waals surface area contributed by atoms with Crippen LogP contribution in [0.1, 0.15) is 5.56 Å². The zero-order chi connectivity index (χ0) is 9.40. The van der Waals surface area contributed by atoms with E-state index in [1.165, 1.54) is 0 Å². The van der Waals surface area contributed by atoms with Crippen LogP contribution in [-0.2, 0) is 0 Å². The Bertz CT molecular complexity index is 240. The molecule has 4 heteroatoms. The van der Waals surface area contributed by atoms with Crippen LogP contribution in [0.25, 0.3) is 6.08 Å². The van der Waals surface area contributed by atoms with Gasteiger partial charge in [0.25, 0.3) is 0 Å². The fraction of sp³-hybridized carbons (Fsp3) is 0. The molecule has 2 N–H and O–H groups in total. The molecule has 1 aromatic rings. The van der Waals surface area contributed by atoms with Crippen molar-refractivity contribution in [2.45, 2.75) is 0 Å². The lowest BCUT2D eigenvalue weighted by atomic mass is 10.2. The lowest BCUT2D eigenvalue weighted by molar-refractivity contribution is 0.448. The monoisotopic (exact) mass is 183 g/mol. The van der Waals surface area contributed by atoms with Gasteiger partial charge < -0.3 is 10.0 Å². The number of rotatable bonds is 1. The summed E-state index contributed by atoms with van der Waals surface area (Å²) in [6, 6.07) is 7.57. The van der Waals surface area contributed by atoms with Gasteiger partial charge in [0.1, 0.15) is 0 Å². The molecule has 0 atom stereocenters. The van der Waals surface area contributed by atoms with Gasteiger partial charge in [0.2, 0.25) is 0 Å². The first-order valence-corrected chi connectivity index (χ1v) is 3.60. The minimum Gasteiger partial charge on any atom is -0.429 e. The van der Waals surface area contributed by atoms with Crippen molar-refractivity contribution in [3.63, 3.8) is 0 Å². The van der Waals surface area contributed by atoms with Gasteiger partial charge in [-0.25, -0.2) is 0 Å². The maximum atomic E-state index is 7.00. The molecule has 0 fully saturated rings. The van der Waals surface area contributed by atoms with E-state index in [0.717, 1.165) is 10.6 Å². The summed E-state index contributed by atoms with van der Waals surface area (Å²) in [6.45, 7) is 3.61. The molecule has 0 spiro atoms. The highest BCUT2D eigenvalue weighted by molar-refractivity contribution is 6.30. The Morgan fingerprint density at radius 2 is 2.00 bits per heavy atom. The average molecular weight is 183 g/mol. The molecule has 0 aliphatic rings. The fourth-order valence-electron chi connectivity index (χ4n) is 0.634. The van der Waals surface area contributed by atoms with E-state index in [2.05, 4.69) is 6.58 Å². The highest BCUT2D eigenvalue weighted by atomic mass is 35.5. The summed E-state index contributed by atoms with van der Waals surface area (Å²) in [5, 5.41) is 14.8. The summed E-state index contributed by atoms with van der Waals surface area (Å²) in [4.78, 5) is 0. The zero-order valence-electron chi connectivity index (χ0n) is 6.44. The molecule has 0 bridgehead atoms. The van der Waals surface area contributed by atoms with Gasteiger partial charge in [-0.3, -0.25) is 0 Å². The lowest BCUT2D eigenvalue weighted by Crippen LogP contribution is -1.75. The van der Waals surface area contributed by atoms with Crippen LogP contribution in [0.5, 0.6) is 0 Å². The second-order valence-electron chi connectivity index (χ2n) is 1.87. The van der Waals surface area contributed by atoms with Gasteiger partial charge in [-0.2, -0.15) is 0 Å². The number of hydrogen-bond acceptors (Lipinski definition) is 2. The van der Waals surface area contributed by atoms with Gasteiger partial charge in [-0.05, 0) is 17.7 Å². The summed E-state index contributed by atoms with van der Waals surface area (Å²) in [5.41, 5.74) is 1.06. The Labute approximate surface area is 77.4 Å². The summed E-state index contributed by atoms with van der Waals surface area (Å²) >= 11 is 5.68. The molecule has 1 radical (unpaired) electrons. The smallest absolute Gasteiger partial charge is 0.429 e. The SMILES string of the molecule is C=Cc1cccc(Cl)c1.O[B]O. The number of halogens is 1. The van der Waals surface area contributed by atoms with Crippen LogP contribution in [-0.4, -0.2) is 17.7 Å². The third kappa shape index (κ3) is 4.96. The first-order chi connectivity index (χ1) is 5.74. The van der Waals surface area contributed by atoms with Crippen molar-refractivity contribution in [3.8, 4) is 0 Å². The zero-order valence-corrected chi connectivity index (χ0v) is 7.20. The Balaban J connectivity index is 0.000000354. The Morgan fingerprint density at radius 3 is 2.33 bits per heavy atom. The molecule has 63 valence electrons. The first kappa shape index (κ1) is 11.2. The van der Waals surface area contributed by atoms with E-state index in [1.807, 2.05) is 24.3 Å². The minimum atomic E-state index is 0. The van der Waals surface area contributed by atoms with Crippen molar-refractivity contribution in [1.29, 1.82) is 0 Å². The van der Waals surface area contributed by atoms with Gasteiger partial charge in [0, 0.05) is 5.02 Å². The Morgan fingerprint density at radius 1 is 1.42 bits per heavy atom. The van der Waals surface area contributed by atoms with Crippen molar-refractivity contribution >= 4 is 25.4 Å². The normalized spacial score (nSPS) is 7.92. The van der Waals surface area contributed by atoms with Crippen LogP contribution in [0.2, 0.25) is 5.02 Å². The second-order valence-corrected chi connectivity index (χ2v) is 2.31. The average Bonchev–Trinajstić information content (AvgIpc) is 2.06. The molecule has 0 saturated heterocycles. The second kappa shape index (κ2) is 6.92. The molecule has 0 aromatic heterocycles. The van der Waals surface area contributed by atoms with E-state index in [1.54, 1.807) is 6.08 Å². The summed E-state index contributed by atoms with van der Waals surface area (Å²) in [7, 11) is 0. The van der Waals surface area contributed by atoms with Crippen LogP contribution in [0.3, 0.4) is 0 Å². The quantitative estimate of drug-likeness (QED) is 0.648. The van der Waals surface area contributed by atoms with E-state index in [9.17, 15) is 0 Å². The van der Waals surface area contributed by atoms with E-state index in [4.69, 9.17) is 21.6 Å². The lowest BCUT2D eigenvalue weighted by Gasteiger charge is -1.90. The van der Waals surface area contributed by atoms with Gasteiger partial charge in [-0.15, -0.1) is 0 Å². The number of hydrogen-bond donors (Lipinski definition) is 2. The van der Waals surface area contributed by atoms with E-state index < -0.39 is 0 Å². The van der Waals surface area contributed by atoms with Crippen LogP contribution >= 0.6 is 11.6 Å². The molecule has 0 amide bonds. The van der Waals surface area contributed by atoms with Crippen LogP contribution in [0.15, 0.2) is 30.8 Å². The number of benzene rings is 1. The van der Waals surface area contributed by atoms with Crippen molar-refractivity contribution in [3.05, 3.63) is 41.4 Å². The van der Waals surface area contributed by atoms with Crippen molar-refractivity contribution < 1.29 is 10.0 Å². The summed E-state index contributed by atoms with van der Waals surface area (Å²) in [5.74, 6) is 0. The predicted octanol–water partition coefficient (Wildman–Crippen LogP) is 1.49. The molecular weight excluding hydrogens is 174 g/mol. The maximum Gasteiger partial charge on any atom is 0.482 e. The van der Waals surface area contributed by atoms with Crippen LogP contribution in [0.4, 0.5) is 0 Å². The fourth-order valence-corrected chi connectivity index (χ4v) is 0.832. The molecule has 2 nitrogen and oxygen atoms in total. The maximum absolute atomic E-state index is 7.00. The molecule has 0 aliphatic carbocycles. The van der Waals surface area contributed by atoms with Crippen LogP contribution < -0.4 is 0 Å². The van der Waals surface area contributed by atoms with Gasteiger partial charge in [0.15, 0.2) is 0 Å². The largest absolute Gasteiger partial charge is 0.482 e. The first-order valence-electron chi connectivity index (χ1n) is 3.22. The Hall–Kier alpha value is -0.765. The van der Waals surface area contributed by atoms with E-state index >= 15 is 0 Å². The van der Waals surface area contributed by atoms with E-state index in [0.29, 0.717) is 0 Å². The van der Waals surface area contributed by atoms with Crippen LogP contribution in [0, 0.1) is 0 Å². The molecule has 1 aromatic carbocycles. The molecular formula is C8H9BClO2. The van der Waals surface area contributed by atoms with Gasteiger partial charge in [-0.1, -0.05) is 36.4 Å². The third-order valence-corrected chi connectivity index (χ3v) is 1.32. The molecule has 1 rings (SSSR count). The molecule has 0 unspecified atom stereocenters. The predicted molar refractivity (Wildman–Crippen MR) is 51.7 cm³/mol. The van der Waals surface area contributed by atoms with E-state index in [-0.39, 0.29) is 7.69 Å². The molecule has 12 heavy (non-hydrogen) atoms.